The number of benzene rings is 1. The molecule has 2 aromatic rings. The van der Waals surface area contributed by atoms with E-state index in [2.05, 4.69) is 10.4 Å². The lowest BCUT2D eigenvalue weighted by molar-refractivity contribution is 0.785. The van der Waals surface area contributed by atoms with Gasteiger partial charge in [0.1, 0.15) is 0 Å². The second-order valence-corrected chi connectivity index (χ2v) is 4.60. The molecule has 0 bridgehead atoms. The van der Waals surface area contributed by atoms with Gasteiger partial charge in [-0.3, -0.25) is 0 Å². The first-order valence-electron chi connectivity index (χ1n) is 5.27. The third-order valence-electron chi connectivity index (χ3n) is 2.51. The Morgan fingerprint density at radius 1 is 1.29 bits per heavy atom. The van der Waals surface area contributed by atoms with Gasteiger partial charge in [0.05, 0.1) is 21.4 Å². The van der Waals surface area contributed by atoms with Crippen molar-refractivity contribution in [2.45, 2.75) is 13.5 Å². The molecular formula is C12H13Cl2N3. The zero-order valence-corrected chi connectivity index (χ0v) is 11.2. The number of rotatable bonds is 3. The summed E-state index contributed by atoms with van der Waals surface area (Å²) in [6, 6.07) is 5.79. The summed E-state index contributed by atoms with van der Waals surface area (Å²) in [4.78, 5) is 0. The first-order chi connectivity index (χ1) is 8.13. The van der Waals surface area contributed by atoms with Gasteiger partial charge < -0.3 is 5.32 Å². The van der Waals surface area contributed by atoms with Crippen LogP contribution < -0.4 is 5.32 Å². The molecule has 1 aromatic carbocycles. The van der Waals surface area contributed by atoms with Crippen molar-refractivity contribution in [1.82, 2.24) is 15.1 Å². The zero-order chi connectivity index (χ0) is 12.4. The third kappa shape index (κ3) is 2.46. The minimum atomic E-state index is 0.639. The summed E-state index contributed by atoms with van der Waals surface area (Å²) in [5, 5.41) is 8.77. The van der Waals surface area contributed by atoms with Crippen molar-refractivity contribution >= 4 is 23.2 Å². The maximum atomic E-state index is 6.23. The molecule has 1 N–H and O–H groups in total. The molecule has 0 saturated carbocycles. The Morgan fingerprint density at radius 3 is 2.65 bits per heavy atom. The van der Waals surface area contributed by atoms with Gasteiger partial charge in [-0.25, -0.2) is 4.68 Å². The Hall–Kier alpha value is -1.03. The van der Waals surface area contributed by atoms with Crippen molar-refractivity contribution in [3.63, 3.8) is 0 Å². The van der Waals surface area contributed by atoms with Crippen LogP contribution in [0, 0.1) is 6.92 Å². The van der Waals surface area contributed by atoms with Gasteiger partial charge in [0.2, 0.25) is 0 Å². The maximum absolute atomic E-state index is 6.23. The molecule has 3 nitrogen and oxygen atoms in total. The summed E-state index contributed by atoms with van der Waals surface area (Å²) in [5.41, 5.74) is 2.75. The molecule has 2 rings (SSSR count). The van der Waals surface area contributed by atoms with Crippen LogP contribution in [-0.2, 0) is 6.54 Å². The highest BCUT2D eigenvalue weighted by atomic mass is 35.5. The fourth-order valence-corrected chi connectivity index (χ4v) is 2.11. The zero-order valence-electron chi connectivity index (χ0n) is 9.67. The van der Waals surface area contributed by atoms with Crippen LogP contribution in [0.1, 0.15) is 11.3 Å². The third-order valence-corrected chi connectivity index (χ3v) is 3.18. The van der Waals surface area contributed by atoms with E-state index in [9.17, 15) is 0 Å². The quantitative estimate of drug-likeness (QED) is 0.928. The van der Waals surface area contributed by atoms with Crippen LogP contribution in [0.15, 0.2) is 24.4 Å². The van der Waals surface area contributed by atoms with E-state index >= 15 is 0 Å². The van der Waals surface area contributed by atoms with Gasteiger partial charge in [-0.15, -0.1) is 0 Å². The standard InChI is InChI=1S/C12H13Cl2N3/c1-8-11(14)7-17(16-8)12-9(6-15-2)4-3-5-10(12)13/h3-5,7,15H,6H2,1-2H3. The molecule has 1 aromatic heterocycles. The van der Waals surface area contributed by atoms with Crippen LogP contribution in [0.2, 0.25) is 10.0 Å². The molecule has 0 aliphatic heterocycles. The van der Waals surface area contributed by atoms with Crippen LogP contribution >= 0.6 is 23.2 Å². The molecule has 0 unspecified atom stereocenters. The van der Waals surface area contributed by atoms with Gasteiger partial charge in [0, 0.05) is 12.7 Å². The Morgan fingerprint density at radius 2 is 2.06 bits per heavy atom. The SMILES string of the molecule is CNCc1cccc(Cl)c1-n1cc(Cl)c(C)n1. The number of nitrogens with one attached hydrogen (secondary N) is 1. The molecule has 0 radical (unpaired) electrons. The molecule has 0 aliphatic carbocycles. The predicted molar refractivity (Wildman–Crippen MR) is 71.1 cm³/mol. The molecule has 0 atom stereocenters. The second-order valence-electron chi connectivity index (χ2n) is 3.78. The summed E-state index contributed by atoms with van der Waals surface area (Å²) in [6.07, 6.45) is 1.78. The van der Waals surface area contributed by atoms with Crippen LogP contribution in [0.25, 0.3) is 5.69 Å². The molecule has 0 saturated heterocycles. The van der Waals surface area contributed by atoms with Crippen molar-refractivity contribution in [3.05, 3.63) is 45.7 Å². The highest BCUT2D eigenvalue weighted by Crippen LogP contribution is 2.26. The maximum Gasteiger partial charge on any atom is 0.0877 e. The average molecular weight is 270 g/mol. The van der Waals surface area contributed by atoms with Gasteiger partial charge in [-0.05, 0) is 25.6 Å². The summed E-state index contributed by atoms with van der Waals surface area (Å²) < 4.78 is 1.73. The minimum Gasteiger partial charge on any atom is -0.316 e. The second kappa shape index (κ2) is 5.08. The van der Waals surface area contributed by atoms with Crippen molar-refractivity contribution in [2.75, 3.05) is 7.05 Å². The molecule has 0 aliphatic rings. The van der Waals surface area contributed by atoms with Crippen LogP contribution in [0.3, 0.4) is 0 Å². The lowest BCUT2D eigenvalue weighted by Crippen LogP contribution is -2.10. The normalized spacial score (nSPS) is 10.8. The first kappa shape index (κ1) is 12.4. The number of para-hydroxylation sites is 1. The van der Waals surface area contributed by atoms with E-state index < -0.39 is 0 Å². The van der Waals surface area contributed by atoms with Gasteiger partial charge in [0.25, 0.3) is 0 Å². The highest BCUT2D eigenvalue weighted by Gasteiger charge is 2.11. The summed E-state index contributed by atoms with van der Waals surface area (Å²) in [7, 11) is 1.89. The summed E-state index contributed by atoms with van der Waals surface area (Å²) in [5.74, 6) is 0. The summed E-state index contributed by atoms with van der Waals surface area (Å²) in [6.45, 7) is 2.60. The topological polar surface area (TPSA) is 29.9 Å². The van der Waals surface area contributed by atoms with Crippen molar-refractivity contribution in [3.8, 4) is 5.69 Å². The smallest absolute Gasteiger partial charge is 0.0877 e. The Labute approximate surface area is 110 Å². The van der Waals surface area contributed by atoms with Crippen LogP contribution in [0.5, 0.6) is 0 Å². The number of nitrogens with zero attached hydrogens (tertiary/aromatic N) is 2. The van der Waals surface area contributed by atoms with E-state index in [0.717, 1.165) is 23.5 Å². The summed E-state index contributed by atoms with van der Waals surface area (Å²) >= 11 is 12.2. The molecule has 0 amide bonds. The number of aromatic nitrogens is 2. The van der Waals surface area contributed by atoms with E-state index in [-0.39, 0.29) is 0 Å². The lowest BCUT2D eigenvalue weighted by Gasteiger charge is -2.10. The molecular weight excluding hydrogens is 257 g/mol. The Balaban J connectivity index is 2.56. The fourth-order valence-electron chi connectivity index (χ4n) is 1.70. The van der Waals surface area contributed by atoms with Gasteiger partial charge in [-0.1, -0.05) is 35.3 Å². The van der Waals surface area contributed by atoms with Crippen molar-refractivity contribution < 1.29 is 0 Å². The van der Waals surface area contributed by atoms with Crippen molar-refractivity contribution in [2.24, 2.45) is 0 Å². The van der Waals surface area contributed by atoms with E-state index in [0.29, 0.717) is 10.0 Å². The van der Waals surface area contributed by atoms with Gasteiger partial charge in [-0.2, -0.15) is 5.10 Å². The number of hydrogen-bond acceptors (Lipinski definition) is 2. The predicted octanol–water partition coefficient (Wildman–Crippen LogP) is 3.21. The molecule has 1 heterocycles. The number of halogens is 2. The molecule has 17 heavy (non-hydrogen) atoms. The monoisotopic (exact) mass is 269 g/mol. The van der Waals surface area contributed by atoms with Gasteiger partial charge in [0.15, 0.2) is 0 Å². The first-order valence-corrected chi connectivity index (χ1v) is 6.03. The van der Waals surface area contributed by atoms with Crippen LogP contribution in [0.4, 0.5) is 0 Å². The van der Waals surface area contributed by atoms with E-state index in [4.69, 9.17) is 23.2 Å². The largest absolute Gasteiger partial charge is 0.316 e. The lowest BCUT2D eigenvalue weighted by atomic mass is 10.2. The number of aryl methyl sites for hydroxylation is 1. The molecule has 90 valence electrons. The molecule has 5 heteroatoms. The van der Waals surface area contributed by atoms with Crippen molar-refractivity contribution in [1.29, 1.82) is 0 Å². The fraction of sp³-hybridized carbons (Fsp3) is 0.250. The highest BCUT2D eigenvalue weighted by molar-refractivity contribution is 6.32. The number of hydrogen-bond donors (Lipinski definition) is 1. The Bertz CT molecular complexity index is 515. The Kier molecular flexibility index (Phi) is 3.72. The molecule has 0 spiro atoms. The minimum absolute atomic E-state index is 0.639. The molecule has 0 fully saturated rings. The average Bonchev–Trinajstić information content (AvgIpc) is 2.59. The van der Waals surface area contributed by atoms with E-state index in [1.807, 2.05) is 32.2 Å². The van der Waals surface area contributed by atoms with E-state index in [1.165, 1.54) is 0 Å². The van der Waals surface area contributed by atoms with E-state index in [1.54, 1.807) is 10.9 Å². The van der Waals surface area contributed by atoms with Gasteiger partial charge >= 0.3 is 0 Å². The van der Waals surface area contributed by atoms with Crippen LogP contribution in [-0.4, -0.2) is 16.8 Å².